The van der Waals surface area contributed by atoms with Crippen LogP contribution in [-0.4, -0.2) is 26.3 Å². The van der Waals surface area contributed by atoms with Gasteiger partial charge in [0.15, 0.2) is 0 Å². The third-order valence-electron chi connectivity index (χ3n) is 6.17. The quantitative estimate of drug-likeness (QED) is 0.309. The third kappa shape index (κ3) is 8.23. The average molecular weight is 475 g/mol. The van der Waals surface area contributed by atoms with Gasteiger partial charge in [-0.25, -0.2) is 4.39 Å². The Balaban J connectivity index is 1.05. The number of fused-ring (bicyclic) bond motifs is 1. The molecule has 0 aromatic heterocycles. The molecule has 0 amide bonds. The molecule has 0 bridgehead atoms. The van der Waals surface area contributed by atoms with Crippen LogP contribution < -0.4 is 15.4 Å². The second kappa shape index (κ2) is 13.1. The van der Waals surface area contributed by atoms with E-state index in [-0.39, 0.29) is 5.82 Å². The molecule has 5 heteroatoms. The predicted molar refractivity (Wildman–Crippen MR) is 139 cm³/mol. The molecule has 184 valence electrons. The van der Waals surface area contributed by atoms with E-state index in [2.05, 4.69) is 59.7 Å². The van der Waals surface area contributed by atoms with E-state index in [1.807, 2.05) is 0 Å². The molecule has 0 saturated heterocycles. The van der Waals surface area contributed by atoms with Crippen molar-refractivity contribution in [1.82, 2.24) is 10.6 Å². The Morgan fingerprint density at radius 1 is 0.886 bits per heavy atom. The Kier molecular flexibility index (Phi) is 9.32. The molecule has 3 aromatic rings. The van der Waals surface area contributed by atoms with Crippen molar-refractivity contribution in [3.05, 3.63) is 113 Å². The van der Waals surface area contributed by atoms with Crippen LogP contribution in [0.3, 0.4) is 0 Å². The van der Waals surface area contributed by atoms with Crippen LogP contribution in [0.2, 0.25) is 0 Å². The van der Waals surface area contributed by atoms with E-state index in [1.165, 1.54) is 34.4 Å². The van der Waals surface area contributed by atoms with Gasteiger partial charge in [-0.05, 0) is 71.8 Å². The maximum absolute atomic E-state index is 12.9. The highest BCUT2D eigenvalue weighted by Gasteiger charge is 2.11. The zero-order valence-electron chi connectivity index (χ0n) is 20.3. The number of hydrogen-bond acceptors (Lipinski definition) is 4. The Bertz CT molecular complexity index is 1080. The van der Waals surface area contributed by atoms with Gasteiger partial charge in [0, 0.05) is 25.2 Å². The number of nitrogens with one attached hydrogen (secondary N) is 2. The molecule has 0 fully saturated rings. The molecular formula is C30H35FN2O2. The lowest BCUT2D eigenvalue weighted by Crippen LogP contribution is -2.18. The fraction of sp³-hybridized carbons (Fsp3) is 0.333. The van der Waals surface area contributed by atoms with Gasteiger partial charge in [-0.3, -0.25) is 0 Å². The van der Waals surface area contributed by atoms with E-state index in [9.17, 15) is 4.39 Å². The summed E-state index contributed by atoms with van der Waals surface area (Å²) in [5.41, 5.74) is 7.17. The molecule has 1 aliphatic rings. The van der Waals surface area contributed by atoms with Crippen molar-refractivity contribution < 1.29 is 13.9 Å². The van der Waals surface area contributed by atoms with Gasteiger partial charge in [-0.15, -0.1) is 0 Å². The van der Waals surface area contributed by atoms with Gasteiger partial charge in [0.2, 0.25) is 0 Å². The average Bonchev–Trinajstić information content (AvgIpc) is 3.35. The van der Waals surface area contributed by atoms with Crippen molar-refractivity contribution in [1.29, 1.82) is 0 Å². The molecular weight excluding hydrogens is 439 g/mol. The van der Waals surface area contributed by atoms with Gasteiger partial charge in [-0.1, -0.05) is 55.1 Å². The highest BCUT2D eigenvalue weighted by Crippen LogP contribution is 2.25. The predicted octanol–water partition coefficient (Wildman–Crippen LogP) is 5.35. The Hall–Kier alpha value is -3.15. The van der Waals surface area contributed by atoms with Crippen molar-refractivity contribution in [2.24, 2.45) is 0 Å². The highest BCUT2D eigenvalue weighted by atomic mass is 19.1. The maximum Gasteiger partial charge on any atom is 0.123 e. The summed E-state index contributed by atoms with van der Waals surface area (Å²) in [7, 11) is 0. The van der Waals surface area contributed by atoms with Gasteiger partial charge >= 0.3 is 0 Å². The first-order valence-corrected chi connectivity index (χ1v) is 12.4. The lowest BCUT2D eigenvalue weighted by Gasteiger charge is -2.11. The van der Waals surface area contributed by atoms with E-state index in [4.69, 9.17) is 9.47 Å². The SMILES string of the molecule is C=C(COCc1ccc(F)cc1)NCCCc1ccc(CNCCc2ccc3c(c2)CCO3)cc1. The molecule has 0 saturated carbocycles. The first-order valence-electron chi connectivity index (χ1n) is 12.4. The van der Waals surface area contributed by atoms with Gasteiger partial charge in [-0.2, -0.15) is 0 Å². The number of ether oxygens (including phenoxy) is 2. The van der Waals surface area contributed by atoms with Crippen molar-refractivity contribution in [2.75, 3.05) is 26.3 Å². The van der Waals surface area contributed by atoms with Gasteiger partial charge < -0.3 is 20.1 Å². The summed E-state index contributed by atoms with van der Waals surface area (Å²) >= 11 is 0. The normalized spacial score (nSPS) is 12.3. The molecule has 0 aliphatic carbocycles. The molecule has 0 spiro atoms. The standard InChI is InChI=1S/C30H35FN2O2/c1-23(21-34-22-27-8-11-29(31)12-9-27)33-16-2-3-24-4-6-26(7-5-24)20-32-17-14-25-10-13-30-28(19-25)15-18-35-30/h4-13,19,32-33H,1-3,14-18,20-22H2. The van der Waals surface area contributed by atoms with E-state index < -0.39 is 0 Å². The summed E-state index contributed by atoms with van der Waals surface area (Å²) in [5.74, 6) is 0.818. The van der Waals surface area contributed by atoms with Crippen molar-refractivity contribution in [2.45, 2.75) is 38.8 Å². The molecule has 1 aliphatic heterocycles. The van der Waals surface area contributed by atoms with E-state index in [1.54, 1.807) is 12.1 Å². The molecule has 0 radical (unpaired) electrons. The Morgan fingerprint density at radius 3 is 2.46 bits per heavy atom. The van der Waals surface area contributed by atoms with Crippen molar-refractivity contribution in [3.63, 3.8) is 0 Å². The fourth-order valence-electron chi connectivity index (χ4n) is 4.17. The summed E-state index contributed by atoms with van der Waals surface area (Å²) in [6.07, 6.45) is 4.11. The molecule has 4 rings (SSSR count). The summed E-state index contributed by atoms with van der Waals surface area (Å²) in [6.45, 7) is 8.43. The number of halogens is 1. The summed E-state index contributed by atoms with van der Waals surface area (Å²) in [5, 5.41) is 6.88. The van der Waals surface area contributed by atoms with E-state index in [0.29, 0.717) is 13.2 Å². The number of hydrogen-bond donors (Lipinski definition) is 2. The second-order valence-corrected chi connectivity index (χ2v) is 9.04. The van der Waals surface area contributed by atoms with Crippen LogP contribution in [0.1, 0.15) is 34.2 Å². The molecule has 0 unspecified atom stereocenters. The smallest absolute Gasteiger partial charge is 0.123 e. The van der Waals surface area contributed by atoms with E-state index >= 15 is 0 Å². The summed E-state index contributed by atoms with van der Waals surface area (Å²) in [4.78, 5) is 0. The van der Waals surface area contributed by atoms with Crippen LogP contribution in [0.5, 0.6) is 5.75 Å². The van der Waals surface area contributed by atoms with Crippen molar-refractivity contribution in [3.8, 4) is 5.75 Å². The fourth-order valence-corrected chi connectivity index (χ4v) is 4.17. The molecule has 0 atom stereocenters. The third-order valence-corrected chi connectivity index (χ3v) is 6.17. The number of aryl methyl sites for hydroxylation is 1. The first kappa shape index (κ1) is 25.0. The topological polar surface area (TPSA) is 42.5 Å². The molecule has 2 N–H and O–H groups in total. The van der Waals surface area contributed by atoms with Crippen LogP contribution in [0.15, 0.2) is 79.0 Å². The summed E-state index contributed by atoms with van der Waals surface area (Å²) in [6, 6.07) is 21.8. The van der Waals surface area contributed by atoms with Gasteiger partial charge in [0.25, 0.3) is 0 Å². The zero-order chi connectivity index (χ0) is 24.3. The largest absolute Gasteiger partial charge is 0.493 e. The molecule has 4 nitrogen and oxygen atoms in total. The first-order chi connectivity index (χ1) is 17.2. The molecule has 1 heterocycles. The summed E-state index contributed by atoms with van der Waals surface area (Å²) < 4.78 is 24.1. The minimum absolute atomic E-state index is 0.233. The van der Waals surface area contributed by atoms with Gasteiger partial charge in [0.1, 0.15) is 11.6 Å². The van der Waals surface area contributed by atoms with E-state index in [0.717, 1.165) is 68.9 Å². The number of benzene rings is 3. The number of rotatable bonds is 14. The van der Waals surface area contributed by atoms with Crippen LogP contribution >= 0.6 is 0 Å². The minimum Gasteiger partial charge on any atom is -0.493 e. The lowest BCUT2D eigenvalue weighted by molar-refractivity contribution is 0.139. The van der Waals surface area contributed by atoms with Crippen LogP contribution in [0, 0.1) is 5.82 Å². The highest BCUT2D eigenvalue weighted by molar-refractivity contribution is 5.39. The zero-order valence-corrected chi connectivity index (χ0v) is 20.3. The maximum atomic E-state index is 12.9. The Morgan fingerprint density at radius 2 is 1.63 bits per heavy atom. The van der Waals surface area contributed by atoms with Crippen LogP contribution in [0.4, 0.5) is 4.39 Å². The molecule has 35 heavy (non-hydrogen) atoms. The van der Waals surface area contributed by atoms with Crippen LogP contribution in [-0.2, 0) is 37.2 Å². The second-order valence-electron chi connectivity index (χ2n) is 9.04. The lowest BCUT2D eigenvalue weighted by atomic mass is 10.1. The Labute approximate surface area is 208 Å². The molecule has 3 aromatic carbocycles. The van der Waals surface area contributed by atoms with Gasteiger partial charge in [0.05, 0.1) is 19.8 Å². The monoisotopic (exact) mass is 474 g/mol. The van der Waals surface area contributed by atoms with Crippen LogP contribution in [0.25, 0.3) is 0 Å². The minimum atomic E-state index is -0.233. The van der Waals surface area contributed by atoms with Crippen molar-refractivity contribution >= 4 is 0 Å².